The third-order valence-corrected chi connectivity index (χ3v) is 3.90. The molecular formula is C17H17NO2. The molecule has 3 nitrogen and oxygen atoms in total. The van der Waals surface area contributed by atoms with Gasteiger partial charge in [-0.15, -0.1) is 0 Å². The Balaban J connectivity index is 1.79. The van der Waals surface area contributed by atoms with E-state index in [1.54, 1.807) is 25.1 Å². The topological polar surface area (TPSA) is 49.3 Å². The van der Waals surface area contributed by atoms with Crippen LogP contribution in [0, 0.1) is 6.92 Å². The van der Waals surface area contributed by atoms with Crippen molar-refractivity contribution in [3.8, 4) is 5.75 Å². The summed E-state index contributed by atoms with van der Waals surface area (Å²) in [5.74, 6) is 0.127. The molecule has 3 heteroatoms. The van der Waals surface area contributed by atoms with E-state index in [9.17, 15) is 9.90 Å². The van der Waals surface area contributed by atoms with Crippen LogP contribution in [0.5, 0.6) is 5.75 Å². The standard InChI is InChI=1S/C17H17NO2/c1-11-10-13(7-9-16(11)19)17(20)18-15-8-6-12-4-2-3-5-14(12)15/h2-5,7,9-10,15,19H,6,8H2,1H3,(H,18,20). The van der Waals surface area contributed by atoms with Crippen LogP contribution in [0.4, 0.5) is 0 Å². The summed E-state index contributed by atoms with van der Waals surface area (Å²) in [5, 5.41) is 12.6. The first-order chi connectivity index (χ1) is 9.65. The largest absolute Gasteiger partial charge is 0.508 e. The predicted octanol–water partition coefficient (Wildman–Crippen LogP) is 3.12. The molecule has 0 radical (unpaired) electrons. The lowest BCUT2D eigenvalue weighted by atomic mass is 10.1. The number of hydrogen-bond acceptors (Lipinski definition) is 2. The summed E-state index contributed by atoms with van der Waals surface area (Å²) < 4.78 is 0. The molecule has 0 spiro atoms. The van der Waals surface area contributed by atoms with Crippen LogP contribution in [0.2, 0.25) is 0 Å². The highest BCUT2D eigenvalue weighted by Gasteiger charge is 2.23. The van der Waals surface area contributed by atoms with E-state index in [0.29, 0.717) is 11.1 Å². The molecule has 0 aliphatic heterocycles. The molecule has 0 saturated carbocycles. The number of aryl methyl sites for hydroxylation is 2. The van der Waals surface area contributed by atoms with E-state index in [0.717, 1.165) is 12.8 Å². The summed E-state index contributed by atoms with van der Waals surface area (Å²) >= 11 is 0. The first kappa shape index (κ1) is 12.7. The average Bonchev–Trinajstić information content (AvgIpc) is 2.85. The highest BCUT2D eigenvalue weighted by atomic mass is 16.3. The van der Waals surface area contributed by atoms with Gasteiger partial charge in [-0.25, -0.2) is 0 Å². The van der Waals surface area contributed by atoms with Gasteiger partial charge in [-0.1, -0.05) is 24.3 Å². The Morgan fingerprint density at radius 2 is 2.05 bits per heavy atom. The van der Waals surface area contributed by atoms with E-state index in [1.165, 1.54) is 11.1 Å². The fourth-order valence-corrected chi connectivity index (χ4v) is 2.75. The number of phenolic OH excluding ortho intramolecular Hbond substituents is 1. The van der Waals surface area contributed by atoms with E-state index in [1.807, 2.05) is 12.1 Å². The molecule has 2 aromatic carbocycles. The summed E-state index contributed by atoms with van der Waals surface area (Å²) in [6, 6.07) is 13.3. The van der Waals surface area contributed by atoms with Gasteiger partial charge in [0.1, 0.15) is 5.75 Å². The van der Waals surface area contributed by atoms with Crippen molar-refractivity contribution in [1.82, 2.24) is 5.32 Å². The highest BCUT2D eigenvalue weighted by molar-refractivity contribution is 5.94. The van der Waals surface area contributed by atoms with Crippen molar-refractivity contribution in [2.75, 3.05) is 0 Å². The number of fused-ring (bicyclic) bond motifs is 1. The third kappa shape index (κ3) is 2.27. The van der Waals surface area contributed by atoms with E-state index in [2.05, 4.69) is 17.4 Å². The Morgan fingerprint density at radius 3 is 2.85 bits per heavy atom. The molecule has 20 heavy (non-hydrogen) atoms. The molecule has 1 aliphatic carbocycles. The minimum absolute atomic E-state index is 0.0881. The van der Waals surface area contributed by atoms with Gasteiger partial charge in [0, 0.05) is 5.56 Å². The summed E-state index contributed by atoms with van der Waals surface area (Å²) in [7, 11) is 0. The van der Waals surface area contributed by atoms with Gasteiger partial charge >= 0.3 is 0 Å². The van der Waals surface area contributed by atoms with Crippen LogP contribution >= 0.6 is 0 Å². The first-order valence-electron chi connectivity index (χ1n) is 6.83. The van der Waals surface area contributed by atoms with E-state index >= 15 is 0 Å². The molecule has 2 N–H and O–H groups in total. The van der Waals surface area contributed by atoms with Gasteiger partial charge in [-0.05, 0) is 54.7 Å². The van der Waals surface area contributed by atoms with E-state index in [4.69, 9.17) is 0 Å². The number of nitrogens with one attached hydrogen (secondary N) is 1. The molecule has 102 valence electrons. The van der Waals surface area contributed by atoms with Gasteiger partial charge < -0.3 is 10.4 Å². The predicted molar refractivity (Wildman–Crippen MR) is 77.8 cm³/mol. The van der Waals surface area contributed by atoms with Crippen molar-refractivity contribution in [3.05, 3.63) is 64.7 Å². The van der Waals surface area contributed by atoms with Crippen LogP contribution in [0.25, 0.3) is 0 Å². The monoisotopic (exact) mass is 267 g/mol. The number of rotatable bonds is 2. The van der Waals surface area contributed by atoms with Crippen molar-refractivity contribution in [3.63, 3.8) is 0 Å². The minimum atomic E-state index is -0.0881. The molecule has 1 aliphatic rings. The lowest BCUT2D eigenvalue weighted by Crippen LogP contribution is -2.27. The molecule has 0 bridgehead atoms. The van der Waals surface area contributed by atoms with Gasteiger partial charge in [0.2, 0.25) is 0 Å². The zero-order chi connectivity index (χ0) is 14.1. The maximum absolute atomic E-state index is 12.3. The van der Waals surface area contributed by atoms with Crippen LogP contribution in [-0.4, -0.2) is 11.0 Å². The number of benzene rings is 2. The maximum atomic E-state index is 12.3. The Bertz CT molecular complexity index is 664. The molecule has 0 saturated heterocycles. The molecule has 1 unspecified atom stereocenters. The second-order valence-electron chi connectivity index (χ2n) is 5.26. The fraction of sp³-hybridized carbons (Fsp3) is 0.235. The Hall–Kier alpha value is -2.29. The Labute approximate surface area is 118 Å². The fourth-order valence-electron chi connectivity index (χ4n) is 2.75. The van der Waals surface area contributed by atoms with Crippen molar-refractivity contribution in [2.45, 2.75) is 25.8 Å². The van der Waals surface area contributed by atoms with Gasteiger partial charge in [0.05, 0.1) is 6.04 Å². The van der Waals surface area contributed by atoms with Gasteiger partial charge in [-0.3, -0.25) is 4.79 Å². The van der Waals surface area contributed by atoms with Crippen molar-refractivity contribution in [1.29, 1.82) is 0 Å². The molecule has 2 aromatic rings. The zero-order valence-corrected chi connectivity index (χ0v) is 11.4. The van der Waals surface area contributed by atoms with Gasteiger partial charge in [-0.2, -0.15) is 0 Å². The van der Waals surface area contributed by atoms with Gasteiger partial charge in [0.25, 0.3) is 5.91 Å². The number of carbonyl (C=O) groups excluding carboxylic acids is 1. The molecule has 3 rings (SSSR count). The Kier molecular flexibility index (Phi) is 3.18. The van der Waals surface area contributed by atoms with Crippen molar-refractivity contribution < 1.29 is 9.90 Å². The lowest BCUT2D eigenvalue weighted by Gasteiger charge is -2.14. The maximum Gasteiger partial charge on any atom is 0.251 e. The normalized spacial score (nSPS) is 16.8. The molecule has 0 heterocycles. The molecule has 0 aromatic heterocycles. The second kappa shape index (κ2) is 5.00. The molecular weight excluding hydrogens is 250 g/mol. The summed E-state index contributed by atoms with van der Waals surface area (Å²) in [6.45, 7) is 1.79. The van der Waals surface area contributed by atoms with E-state index < -0.39 is 0 Å². The molecule has 1 amide bonds. The van der Waals surface area contributed by atoms with Crippen molar-refractivity contribution >= 4 is 5.91 Å². The molecule has 1 atom stereocenters. The van der Waals surface area contributed by atoms with Gasteiger partial charge in [0.15, 0.2) is 0 Å². The number of aromatic hydroxyl groups is 1. The third-order valence-electron chi connectivity index (χ3n) is 3.90. The number of phenols is 1. The molecule has 0 fully saturated rings. The van der Waals surface area contributed by atoms with Crippen LogP contribution in [-0.2, 0) is 6.42 Å². The minimum Gasteiger partial charge on any atom is -0.508 e. The SMILES string of the molecule is Cc1cc(C(=O)NC2CCc3ccccc32)ccc1O. The zero-order valence-electron chi connectivity index (χ0n) is 11.4. The quantitative estimate of drug-likeness (QED) is 0.878. The van der Waals surface area contributed by atoms with Crippen LogP contribution in [0.3, 0.4) is 0 Å². The number of amides is 1. The average molecular weight is 267 g/mol. The smallest absolute Gasteiger partial charge is 0.251 e. The van der Waals surface area contributed by atoms with Crippen LogP contribution in [0.15, 0.2) is 42.5 Å². The second-order valence-corrected chi connectivity index (χ2v) is 5.26. The highest BCUT2D eigenvalue weighted by Crippen LogP contribution is 2.31. The van der Waals surface area contributed by atoms with Crippen molar-refractivity contribution in [2.24, 2.45) is 0 Å². The van der Waals surface area contributed by atoms with Crippen LogP contribution < -0.4 is 5.32 Å². The summed E-state index contributed by atoms with van der Waals surface area (Å²) in [4.78, 5) is 12.3. The Morgan fingerprint density at radius 1 is 1.25 bits per heavy atom. The summed E-state index contributed by atoms with van der Waals surface area (Å²) in [6.07, 6.45) is 1.96. The number of hydrogen-bond donors (Lipinski definition) is 2. The van der Waals surface area contributed by atoms with E-state index in [-0.39, 0.29) is 17.7 Å². The summed E-state index contributed by atoms with van der Waals surface area (Å²) in [5.41, 5.74) is 3.84. The number of carbonyl (C=O) groups is 1. The van der Waals surface area contributed by atoms with Crippen LogP contribution in [0.1, 0.15) is 39.5 Å². The lowest BCUT2D eigenvalue weighted by molar-refractivity contribution is 0.0936. The first-order valence-corrected chi connectivity index (χ1v) is 6.83.